The lowest BCUT2D eigenvalue weighted by molar-refractivity contribution is 0.0858. The number of anilines is 1. The van der Waals surface area contributed by atoms with Crippen molar-refractivity contribution >= 4 is 11.7 Å². The lowest BCUT2D eigenvalue weighted by Gasteiger charge is -2.11. The number of ether oxygens (including phenoxy) is 1. The number of nitrogen functional groups attached to an aromatic ring is 1. The Bertz CT molecular complexity index is 692. The van der Waals surface area contributed by atoms with Gasteiger partial charge in [0.1, 0.15) is 5.82 Å². The van der Waals surface area contributed by atoms with Crippen molar-refractivity contribution in [1.82, 2.24) is 10.3 Å². The molecular weight excluding hydrogens is 290 g/mol. The van der Waals surface area contributed by atoms with Gasteiger partial charge >= 0.3 is 0 Å². The van der Waals surface area contributed by atoms with Crippen molar-refractivity contribution in [2.75, 3.05) is 18.9 Å². The molecule has 0 saturated carbocycles. The molecule has 1 atom stereocenters. The topological polar surface area (TPSA) is 77.2 Å². The Morgan fingerprint density at radius 1 is 1.35 bits per heavy atom. The van der Waals surface area contributed by atoms with E-state index in [4.69, 9.17) is 10.5 Å². The van der Waals surface area contributed by atoms with Crippen molar-refractivity contribution < 1.29 is 9.53 Å². The summed E-state index contributed by atoms with van der Waals surface area (Å²) in [6, 6.07) is 9.49. The monoisotopic (exact) mass is 311 g/mol. The third-order valence-corrected chi connectivity index (χ3v) is 4.11. The number of rotatable bonds is 4. The van der Waals surface area contributed by atoms with Crippen molar-refractivity contribution in [2.45, 2.75) is 25.9 Å². The molecule has 5 nitrogen and oxygen atoms in total. The smallest absolute Gasteiger partial charge is 0.251 e. The van der Waals surface area contributed by atoms with E-state index in [0.717, 1.165) is 36.1 Å². The summed E-state index contributed by atoms with van der Waals surface area (Å²) in [5.74, 6) is 0.470. The molecule has 1 aromatic carbocycles. The van der Waals surface area contributed by atoms with Crippen LogP contribution in [0.5, 0.6) is 0 Å². The minimum atomic E-state index is -0.0707. The van der Waals surface area contributed by atoms with Crippen LogP contribution in [-0.4, -0.2) is 30.1 Å². The number of nitrogens with zero attached hydrogens (tertiary/aromatic N) is 1. The molecule has 2 aromatic rings. The largest absolute Gasteiger partial charge is 0.383 e. The van der Waals surface area contributed by atoms with E-state index in [2.05, 4.69) is 10.3 Å². The van der Waals surface area contributed by atoms with Gasteiger partial charge in [-0.3, -0.25) is 4.79 Å². The molecule has 3 N–H and O–H groups in total. The van der Waals surface area contributed by atoms with Crippen molar-refractivity contribution in [3.05, 3.63) is 47.7 Å². The van der Waals surface area contributed by atoms with Crippen molar-refractivity contribution in [1.29, 1.82) is 0 Å². The normalized spacial score (nSPS) is 17.2. The summed E-state index contributed by atoms with van der Waals surface area (Å²) in [4.78, 5) is 16.3. The fourth-order valence-electron chi connectivity index (χ4n) is 2.67. The van der Waals surface area contributed by atoms with Crippen molar-refractivity contribution in [3.63, 3.8) is 0 Å². The molecule has 1 unspecified atom stereocenters. The number of hydrogen-bond donors (Lipinski definition) is 2. The molecule has 1 amide bonds. The fourth-order valence-corrected chi connectivity index (χ4v) is 2.67. The minimum absolute atomic E-state index is 0.0707. The van der Waals surface area contributed by atoms with Gasteiger partial charge in [-0.05, 0) is 49.1 Å². The van der Waals surface area contributed by atoms with Crippen molar-refractivity contribution in [2.24, 2.45) is 0 Å². The third kappa shape index (κ3) is 3.68. The summed E-state index contributed by atoms with van der Waals surface area (Å²) in [6.07, 6.45) is 3.99. The Kier molecular flexibility index (Phi) is 4.57. The van der Waals surface area contributed by atoms with Gasteiger partial charge in [-0.1, -0.05) is 12.1 Å². The summed E-state index contributed by atoms with van der Waals surface area (Å²) in [5, 5.41) is 2.92. The zero-order valence-electron chi connectivity index (χ0n) is 13.2. The Hall–Kier alpha value is -2.40. The Balaban J connectivity index is 1.66. The first-order valence-electron chi connectivity index (χ1n) is 7.86. The summed E-state index contributed by atoms with van der Waals surface area (Å²) < 4.78 is 5.51. The predicted molar refractivity (Wildman–Crippen MR) is 90.1 cm³/mol. The lowest BCUT2D eigenvalue weighted by Crippen LogP contribution is -2.31. The average Bonchev–Trinajstić information content (AvgIpc) is 3.09. The quantitative estimate of drug-likeness (QED) is 0.909. The molecule has 1 aliphatic heterocycles. The second-order valence-corrected chi connectivity index (χ2v) is 5.85. The van der Waals surface area contributed by atoms with E-state index in [1.54, 1.807) is 6.20 Å². The molecule has 1 aromatic heterocycles. The first-order valence-corrected chi connectivity index (χ1v) is 7.86. The van der Waals surface area contributed by atoms with Gasteiger partial charge in [-0.2, -0.15) is 0 Å². The highest BCUT2D eigenvalue weighted by Gasteiger charge is 2.16. The van der Waals surface area contributed by atoms with Crippen LogP contribution < -0.4 is 11.1 Å². The minimum Gasteiger partial charge on any atom is -0.383 e. The Morgan fingerprint density at radius 3 is 2.78 bits per heavy atom. The lowest BCUT2D eigenvalue weighted by atomic mass is 10.0. The van der Waals surface area contributed by atoms with Crippen LogP contribution in [0.2, 0.25) is 0 Å². The van der Waals surface area contributed by atoms with E-state index < -0.39 is 0 Å². The number of nitrogens with one attached hydrogen (secondary N) is 1. The zero-order chi connectivity index (χ0) is 16.2. The molecule has 120 valence electrons. The highest BCUT2D eigenvalue weighted by atomic mass is 16.5. The first kappa shape index (κ1) is 15.5. The van der Waals surface area contributed by atoms with Crippen LogP contribution in [-0.2, 0) is 4.74 Å². The summed E-state index contributed by atoms with van der Waals surface area (Å²) in [6.45, 7) is 3.30. The van der Waals surface area contributed by atoms with Crippen LogP contribution in [0.4, 0.5) is 5.82 Å². The summed E-state index contributed by atoms with van der Waals surface area (Å²) >= 11 is 0. The van der Waals surface area contributed by atoms with E-state index in [0.29, 0.717) is 17.9 Å². The first-order chi connectivity index (χ1) is 11.1. The van der Waals surface area contributed by atoms with Gasteiger partial charge in [-0.25, -0.2) is 4.98 Å². The number of carbonyl (C=O) groups is 1. The highest BCUT2D eigenvalue weighted by molar-refractivity contribution is 5.94. The van der Waals surface area contributed by atoms with E-state index in [-0.39, 0.29) is 12.0 Å². The molecule has 0 radical (unpaired) electrons. The van der Waals surface area contributed by atoms with Gasteiger partial charge in [0.05, 0.1) is 6.10 Å². The number of aryl methyl sites for hydroxylation is 1. The molecule has 0 bridgehead atoms. The van der Waals surface area contributed by atoms with Gasteiger partial charge in [-0.15, -0.1) is 0 Å². The number of aromatic nitrogens is 1. The van der Waals surface area contributed by atoms with E-state index >= 15 is 0 Å². The van der Waals surface area contributed by atoms with Gasteiger partial charge < -0.3 is 15.8 Å². The van der Waals surface area contributed by atoms with Crippen molar-refractivity contribution in [3.8, 4) is 11.1 Å². The van der Waals surface area contributed by atoms with Crippen LogP contribution in [0.1, 0.15) is 28.8 Å². The van der Waals surface area contributed by atoms with Crippen LogP contribution in [0.3, 0.4) is 0 Å². The maximum atomic E-state index is 12.2. The molecule has 1 aliphatic rings. The van der Waals surface area contributed by atoms with Gasteiger partial charge in [0.2, 0.25) is 0 Å². The van der Waals surface area contributed by atoms with Crippen LogP contribution in [0.25, 0.3) is 11.1 Å². The van der Waals surface area contributed by atoms with Gasteiger partial charge in [0, 0.05) is 30.5 Å². The summed E-state index contributed by atoms with van der Waals surface area (Å²) in [5.41, 5.74) is 9.33. The van der Waals surface area contributed by atoms with Crippen LogP contribution in [0.15, 0.2) is 36.5 Å². The fraction of sp³-hybridized carbons (Fsp3) is 0.333. The van der Waals surface area contributed by atoms with E-state index in [1.807, 2.05) is 37.3 Å². The summed E-state index contributed by atoms with van der Waals surface area (Å²) in [7, 11) is 0. The zero-order valence-corrected chi connectivity index (χ0v) is 13.2. The molecule has 5 heteroatoms. The third-order valence-electron chi connectivity index (χ3n) is 4.11. The Morgan fingerprint density at radius 2 is 2.13 bits per heavy atom. The number of pyridine rings is 1. The highest BCUT2D eigenvalue weighted by Crippen LogP contribution is 2.22. The predicted octanol–water partition coefficient (Wildman–Crippen LogP) is 2.55. The molecule has 2 heterocycles. The van der Waals surface area contributed by atoms with Crippen LogP contribution in [0, 0.1) is 6.92 Å². The number of nitrogens with two attached hydrogens (primary N) is 1. The van der Waals surface area contributed by atoms with E-state index in [9.17, 15) is 4.79 Å². The van der Waals surface area contributed by atoms with Crippen LogP contribution >= 0.6 is 0 Å². The Labute approximate surface area is 135 Å². The number of carbonyl (C=O) groups excluding carboxylic acids is 1. The molecule has 1 saturated heterocycles. The maximum absolute atomic E-state index is 12.2. The van der Waals surface area contributed by atoms with E-state index in [1.165, 1.54) is 0 Å². The maximum Gasteiger partial charge on any atom is 0.251 e. The molecular formula is C18H21N3O2. The number of amides is 1. The molecule has 0 aliphatic carbocycles. The number of hydrogen-bond acceptors (Lipinski definition) is 4. The second kappa shape index (κ2) is 6.79. The average molecular weight is 311 g/mol. The standard InChI is InChI=1S/C18H21N3O2/c1-12-9-15(10-20-17(12)19)13-4-6-14(7-5-13)18(22)21-11-16-3-2-8-23-16/h4-7,9-10,16H,2-3,8,11H2,1H3,(H2,19,20)(H,21,22). The molecule has 23 heavy (non-hydrogen) atoms. The molecule has 1 fully saturated rings. The van der Waals surface area contributed by atoms with Gasteiger partial charge in [0.15, 0.2) is 0 Å². The molecule has 0 spiro atoms. The number of benzene rings is 1. The molecule has 3 rings (SSSR count). The SMILES string of the molecule is Cc1cc(-c2ccc(C(=O)NCC3CCCO3)cc2)cnc1N. The van der Waals surface area contributed by atoms with Gasteiger partial charge in [0.25, 0.3) is 5.91 Å². The second-order valence-electron chi connectivity index (χ2n) is 5.85.